The minimum absolute atomic E-state index is 0.0822. The fourth-order valence-electron chi connectivity index (χ4n) is 1.63. The number of nitrogens with one attached hydrogen (secondary N) is 1. The molecule has 17 heavy (non-hydrogen) atoms. The molecule has 0 fully saturated rings. The van der Waals surface area contributed by atoms with E-state index < -0.39 is 5.97 Å². The highest BCUT2D eigenvalue weighted by Crippen LogP contribution is 2.10. The lowest BCUT2D eigenvalue weighted by Gasteiger charge is -2.15. The topological polar surface area (TPSA) is 66.4 Å². The number of rotatable bonds is 8. The normalized spacial score (nSPS) is 14.4. The van der Waals surface area contributed by atoms with Gasteiger partial charge in [-0.1, -0.05) is 27.2 Å². The molecule has 0 saturated heterocycles. The van der Waals surface area contributed by atoms with Crippen LogP contribution in [0.15, 0.2) is 0 Å². The molecule has 0 bridgehead atoms. The first-order valence-electron chi connectivity index (χ1n) is 6.35. The summed E-state index contributed by atoms with van der Waals surface area (Å²) in [6.45, 7) is 7.70. The molecule has 0 heterocycles. The van der Waals surface area contributed by atoms with Crippen LogP contribution < -0.4 is 5.32 Å². The largest absolute Gasteiger partial charge is 0.481 e. The molecule has 0 spiro atoms. The van der Waals surface area contributed by atoms with Crippen molar-refractivity contribution in [3.8, 4) is 0 Å². The van der Waals surface area contributed by atoms with Crippen LogP contribution in [-0.2, 0) is 9.59 Å². The third-order valence-electron chi connectivity index (χ3n) is 2.70. The van der Waals surface area contributed by atoms with Gasteiger partial charge >= 0.3 is 5.97 Å². The molecule has 0 rings (SSSR count). The molecule has 0 aliphatic carbocycles. The number of hydrogen-bond donors (Lipinski definition) is 2. The number of carboxylic acids is 1. The van der Waals surface area contributed by atoms with Gasteiger partial charge in [0, 0.05) is 12.5 Å². The summed E-state index contributed by atoms with van der Waals surface area (Å²) in [7, 11) is 0. The van der Waals surface area contributed by atoms with Gasteiger partial charge in [-0.3, -0.25) is 9.59 Å². The van der Waals surface area contributed by atoms with E-state index in [-0.39, 0.29) is 17.9 Å². The maximum absolute atomic E-state index is 11.5. The van der Waals surface area contributed by atoms with E-state index in [0.717, 1.165) is 12.8 Å². The van der Waals surface area contributed by atoms with Gasteiger partial charge in [-0.25, -0.2) is 0 Å². The van der Waals surface area contributed by atoms with E-state index in [1.807, 2.05) is 20.8 Å². The number of carbonyl (C=O) groups is 2. The Bertz CT molecular complexity index is 251. The van der Waals surface area contributed by atoms with Crippen LogP contribution in [0.4, 0.5) is 0 Å². The van der Waals surface area contributed by atoms with Crippen molar-refractivity contribution >= 4 is 11.9 Å². The van der Waals surface area contributed by atoms with Gasteiger partial charge in [0.05, 0.1) is 5.92 Å². The quantitative estimate of drug-likeness (QED) is 0.688. The van der Waals surface area contributed by atoms with Crippen molar-refractivity contribution < 1.29 is 14.7 Å². The summed E-state index contributed by atoms with van der Waals surface area (Å²) in [5.74, 6) is -0.594. The number of amides is 1. The third-order valence-corrected chi connectivity index (χ3v) is 2.70. The van der Waals surface area contributed by atoms with E-state index in [4.69, 9.17) is 5.11 Å². The van der Waals surface area contributed by atoms with Gasteiger partial charge < -0.3 is 10.4 Å². The van der Waals surface area contributed by atoms with Crippen LogP contribution >= 0.6 is 0 Å². The van der Waals surface area contributed by atoms with Crippen molar-refractivity contribution in [1.82, 2.24) is 5.32 Å². The van der Waals surface area contributed by atoms with Crippen molar-refractivity contribution in [3.05, 3.63) is 0 Å². The van der Waals surface area contributed by atoms with Crippen molar-refractivity contribution in [2.45, 2.75) is 59.4 Å². The van der Waals surface area contributed by atoms with E-state index >= 15 is 0 Å². The maximum Gasteiger partial charge on any atom is 0.306 e. The number of carboxylic acid groups (broad SMARTS) is 1. The van der Waals surface area contributed by atoms with Crippen LogP contribution in [0.1, 0.15) is 53.4 Å². The Balaban J connectivity index is 3.69. The number of hydrogen-bond acceptors (Lipinski definition) is 2. The van der Waals surface area contributed by atoms with Gasteiger partial charge in [0.2, 0.25) is 5.91 Å². The summed E-state index contributed by atoms with van der Waals surface area (Å²) >= 11 is 0. The Labute approximate surface area is 104 Å². The molecule has 0 aliphatic heterocycles. The highest BCUT2D eigenvalue weighted by atomic mass is 16.4. The van der Waals surface area contributed by atoms with Gasteiger partial charge in [0.25, 0.3) is 0 Å². The van der Waals surface area contributed by atoms with Crippen LogP contribution in [0.2, 0.25) is 0 Å². The SMILES string of the molecule is CC(C)CC(=O)NC(C)CCCC(C)C(=O)O. The molecule has 0 aromatic heterocycles. The van der Waals surface area contributed by atoms with Gasteiger partial charge in [-0.05, 0) is 25.7 Å². The molecule has 0 aromatic carbocycles. The van der Waals surface area contributed by atoms with Crippen molar-refractivity contribution in [2.75, 3.05) is 0 Å². The van der Waals surface area contributed by atoms with Crippen LogP contribution in [0.5, 0.6) is 0 Å². The van der Waals surface area contributed by atoms with Crippen LogP contribution in [0, 0.1) is 11.8 Å². The highest BCUT2D eigenvalue weighted by molar-refractivity contribution is 5.76. The number of aliphatic carboxylic acids is 1. The van der Waals surface area contributed by atoms with Crippen LogP contribution in [-0.4, -0.2) is 23.0 Å². The average Bonchev–Trinajstić information content (AvgIpc) is 2.15. The van der Waals surface area contributed by atoms with Crippen LogP contribution in [0.3, 0.4) is 0 Å². The first-order valence-corrected chi connectivity index (χ1v) is 6.35. The summed E-state index contributed by atoms with van der Waals surface area (Å²) in [6, 6.07) is 0.127. The third kappa shape index (κ3) is 8.72. The zero-order valence-corrected chi connectivity index (χ0v) is 11.3. The molecule has 100 valence electrons. The predicted molar refractivity (Wildman–Crippen MR) is 67.7 cm³/mol. The highest BCUT2D eigenvalue weighted by Gasteiger charge is 2.12. The standard InChI is InChI=1S/C13H25NO3/c1-9(2)8-12(15)14-11(4)7-5-6-10(3)13(16)17/h9-11H,5-8H2,1-4H3,(H,14,15)(H,16,17). The molecular weight excluding hydrogens is 218 g/mol. The average molecular weight is 243 g/mol. The van der Waals surface area contributed by atoms with Crippen molar-refractivity contribution in [3.63, 3.8) is 0 Å². The Morgan fingerprint density at radius 2 is 1.71 bits per heavy atom. The molecule has 2 atom stereocenters. The van der Waals surface area contributed by atoms with Gasteiger partial charge in [0.15, 0.2) is 0 Å². The van der Waals surface area contributed by atoms with E-state index in [1.165, 1.54) is 0 Å². The van der Waals surface area contributed by atoms with Crippen LogP contribution in [0.25, 0.3) is 0 Å². The molecule has 4 heteroatoms. The summed E-state index contributed by atoms with van der Waals surface area (Å²) in [6.07, 6.45) is 2.88. The van der Waals surface area contributed by atoms with E-state index in [0.29, 0.717) is 18.8 Å². The molecule has 2 N–H and O–H groups in total. The molecule has 0 aliphatic rings. The molecule has 1 amide bonds. The minimum atomic E-state index is -0.749. The second-order valence-corrected chi connectivity index (χ2v) is 5.24. The Morgan fingerprint density at radius 1 is 1.12 bits per heavy atom. The lowest BCUT2D eigenvalue weighted by Crippen LogP contribution is -2.33. The van der Waals surface area contributed by atoms with Gasteiger partial charge in [-0.15, -0.1) is 0 Å². The van der Waals surface area contributed by atoms with E-state index in [2.05, 4.69) is 5.32 Å². The lowest BCUT2D eigenvalue weighted by molar-refractivity contribution is -0.141. The molecular formula is C13H25NO3. The van der Waals surface area contributed by atoms with Gasteiger partial charge in [0.1, 0.15) is 0 Å². The van der Waals surface area contributed by atoms with Crippen molar-refractivity contribution in [1.29, 1.82) is 0 Å². The number of carbonyl (C=O) groups excluding carboxylic acids is 1. The van der Waals surface area contributed by atoms with E-state index in [9.17, 15) is 9.59 Å². The second-order valence-electron chi connectivity index (χ2n) is 5.24. The molecule has 4 nitrogen and oxygen atoms in total. The monoisotopic (exact) mass is 243 g/mol. The first-order chi connectivity index (χ1) is 7.82. The molecule has 0 radical (unpaired) electrons. The smallest absolute Gasteiger partial charge is 0.306 e. The Kier molecular flexibility index (Phi) is 7.59. The minimum Gasteiger partial charge on any atom is -0.481 e. The maximum atomic E-state index is 11.5. The summed E-state index contributed by atoms with van der Waals surface area (Å²) in [4.78, 5) is 22.1. The predicted octanol–water partition coefficient (Wildman–Crippen LogP) is 2.43. The lowest BCUT2D eigenvalue weighted by atomic mass is 10.0. The first kappa shape index (κ1) is 15.9. The zero-order chi connectivity index (χ0) is 13.4. The molecule has 0 aromatic rings. The van der Waals surface area contributed by atoms with E-state index in [1.54, 1.807) is 6.92 Å². The summed E-state index contributed by atoms with van der Waals surface area (Å²) < 4.78 is 0. The fraction of sp³-hybridized carbons (Fsp3) is 0.846. The van der Waals surface area contributed by atoms with Crippen molar-refractivity contribution in [2.24, 2.45) is 11.8 Å². The second kappa shape index (κ2) is 8.09. The Morgan fingerprint density at radius 3 is 2.18 bits per heavy atom. The fourth-order valence-corrected chi connectivity index (χ4v) is 1.63. The Hall–Kier alpha value is -1.06. The zero-order valence-electron chi connectivity index (χ0n) is 11.3. The summed E-state index contributed by atoms with van der Waals surface area (Å²) in [5, 5.41) is 11.6. The van der Waals surface area contributed by atoms with Gasteiger partial charge in [-0.2, -0.15) is 0 Å². The summed E-state index contributed by atoms with van der Waals surface area (Å²) in [5.41, 5.74) is 0. The molecule has 2 unspecified atom stereocenters. The molecule has 0 saturated carbocycles.